The van der Waals surface area contributed by atoms with E-state index >= 15 is 0 Å². The largest absolute Gasteiger partial charge is 0.383 e. The highest BCUT2D eigenvalue weighted by Gasteiger charge is 2.07. The first kappa shape index (κ1) is 10.3. The van der Waals surface area contributed by atoms with Crippen molar-refractivity contribution >= 4 is 11.8 Å². The van der Waals surface area contributed by atoms with E-state index in [-0.39, 0.29) is 11.0 Å². The molecule has 0 aromatic heterocycles. The third-order valence-electron chi connectivity index (χ3n) is 0.927. The van der Waals surface area contributed by atoms with E-state index in [4.69, 9.17) is 5.11 Å². The molecule has 1 unspecified atom stereocenters. The zero-order chi connectivity index (χ0) is 8.20. The van der Waals surface area contributed by atoms with Crippen molar-refractivity contribution in [2.45, 2.75) is 38.7 Å². The highest BCUT2D eigenvalue weighted by Crippen LogP contribution is 2.07. The van der Waals surface area contributed by atoms with Gasteiger partial charge in [0.1, 0.15) is 0 Å². The maximum atomic E-state index is 8.87. The number of hydrogen-bond acceptors (Lipinski definition) is 3. The lowest BCUT2D eigenvalue weighted by Crippen LogP contribution is -2.35. The minimum Gasteiger partial charge on any atom is -0.383 e. The molecule has 0 bridgehead atoms. The second-order valence-corrected chi connectivity index (χ2v) is 4.64. The lowest BCUT2D eigenvalue weighted by atomic mass is 10.1. The third-order valence-corrected chi connectivity index (χ3v) is 1.72. The summed E-state index contributed by atoms with van der Waals surface area (Å²) in [5, 5.41) is 12.1. The van der Waals surface area contributed by atoms with E-state index in [1.54, 1.807) is 6.92 Å². The SMILES string of the molecule is CC(O)SCNC(C)(C)C. The van der Waals surface area contributed by atoms with Crippen LogP contribution in [0.15, 0.2) is 0 Å². The van der Waals surface area contributed by atoms with Crippen LogP contribution in [0.1, 0.15) is 27.7 Å². The van der Waals surface area contributed by atoms with E-state index in [0.717, 1.165) is 5.88 Å². The molecule has 0 heterocycles. The Morgan fingerprint density at radius 3 is 2.30 bits per heavy atom. The van der Waals surface area contributed by atoms with E-state index in [1.807, 2.05) is 0 Å². The number of aliphatic hydroxyl groups excluding tert-OH is 1. The lowest BCUT2D eigenvalue weighted by molar-refractivity contribution is 0.283. The van der Waals surface area contributed by atoms with Gasteiger partial charge in [0.2, 0.25) is 0 Å². The van der Waals surface area contributed by atoms with Crippen LogP contribution >= 0.6 is 11.8 Å². The van der Waals surface area contributed by atoms with Crippen LogP contribution in [-0.4, -0.2) is 22.0 Å². The van der Waals surface area contributed by atoms with Crippen LogP contribution in [-0.2, 0) is 0 Å². The van der Waals surface area contributed by atoms with Gasteiger partial charge < -0.3 is 10.4 Å². The molecule has 0 spiro atoms. The maximum Gasteiger partial charge on any atom is 0.0977 e. The van der Waals surface area contributed by atoms with E-state index < -0.39 is 0 Å². The van der Waals surface area contributed by atoms with Crippen molar-refractivity contribution in [2.75, 3.05) is 5.88 Å². The molecule has 0 fully saturated rings. The van der Waals surface area contributed by atoms with Crippen molar-refractivity contribution in [3.05, 3.63) is 0 Å². The van der Waals surface area contributed by atoms with Crippen molar-refractivity contribution in [1.82, 2.24) is 5.32 Å². The summed E-state index contributed by atoms with van der Waals surface area (Å²) in [4.78, 5) is 0. The van der Waals surface area contributed by atoms with Crippen molar-refractivity contribution in [2.24, 2.45) is 0 Å². The van der Waals surface area contributed by atoms with Crippen LogP contribution in [0.25, 0.3) is 0 Å². The average molecular weight is 163 g/mol. The monoisotopic (exact) mass is 163 g/mol. The second-order valence-electron chi connectivity index (χ2n) is 3.34. The van der Waals surface area contributed by atoms with Gasteiger partial charge in [0, 0.05) is 11.4 Å². The molecule has 0 rings (SSSR count). The molecule has 0 aromatic carbocycles. The van der Waals surface area contributed by atoms with Gasteiger partial charge in [-0.3, -0.25) is 0 Å². The molecule has 0 aromatic rings. The predicted octanol–water partition coefficient (Wildman–Crippen LogP) is 1.40. The zero-order valence-corrected chi connectivity index (χ0v) is 7.96. The molecular formula is C7H17NOS. The molecule has 1 atom stereocenters. The van der Waals surface area contributed by atoms with Crippen LogP contribution in [0, 0.1) is 0 Å². The first-order valence-corrected chi connectivity index (χ1v) is 4.51. The van der Waals surface area contributed by atoms with Gasteiger partial charge >= 0.3 is 0 Å². The van der Waals surface area contributed by atoms with Gasteiger partial charge in [-0.15, -0.1) is 11.8 Å². The highest BCUT2D eigenvalue weighted by atomic mass is 32.2. The van der Waals surface area contributed by atoms with Crippen LogP contribution in [0.4, 0.5) is 0 Å². The summed E-state index contributed by atoms with van der Waals surface area (Å²) in [6.07, 6.45) is 0. The van der Waals surface area contributed by atoms with Gasteiger partial charge in [-0.2, -0.15) is 0 Å². The Balaban J connectivity index is 3.21. The molecule has 0 saturated carbocycles. The fraction of sp³-hybridized carbons (Fsp3) is 1.00. The van der Waals surface area contributed by atoms with Gasteiger partial charge in [0.25, 0.3) is 0 Å². The molecule has 0 saturated heterocycles. The quantitative estimate of drug-likeness (QED) is 0.617. The Bertz CT molecular complexity index is 88.1. The number of thioether (sulfide) groups is 1. The van der Waals surface area contributed by atoms with Crippen molar-refractivity contribution in [3.8, 4) is 0 Å². The Hall–Kier alpha value is 0.270. The van der Waals surface area contributed by atoms with Gasteiger partial charge in [-0.05, 0) is 27.7 Å². The first-order valence-electron chi connectivity index (χ1n) is 3.46. The number of aliphatic hydroxyl groups is 1. The molecule has 0 aliphatic carbocycles. The summed E-state index contributed by atoms with van der Waals surface area (Å²) in [7, 11) is 0. The highest BCUT2D eigenvalue weighted by molar-refractivity contribution is 7.99. The van der Waals surface area contributed by atoms with Gasteiger partial charge in [-0.25, -0.2) is 0 Å². The zero-order valence-electron chi connectivity index (χ0n) is 7.14. The standard InChI is InChI=1S/C7H17NOS/c1-6(9)10-5-8-7(2,3)4/h6,8-9H,5H2,1-4H3. The molecule has 10 heavy (non-hydrogen) atoms. The summed E-state index contributed by atoms with van der Waals surface area (Å²) >= 11 is 1.50. The summed E-state index contributed by atoms with van der Waals surface area (Å²) in [6, 6.07) is 0. The minimum atomic E-state index is -0.269. The van der Waals surface area contributed by atoms with Gasteiger partial charge in [0.15, 0.2) is 0 Å². The third kappa shape index (κ3) is 8.27. The smallest absolute Gasteiger partial charge is 0.0977 e. The number of rotatable bonds is 3. The first-order chi connectivity index (χ1) is 4.42. The van der Waals surface area contributed by atoms with Crippen LogP contribution in [0.3, 0.4) is 0 Å². The summed E-state index contributed by atoms with van der Waals surface area (Å²) in [6.45, 7) is 8.09. The van der Waals surface area contributed by atoms with Crippen LogP contribution in [0.5, 0.6) is 0 Å². The fourth-order valence-corrected chi connectivity index (χ4v) is 1.14. The molecule has 0 radical (unpaired) electrons. The molecule has 2 nitrogen and oxygen atoms in total. The van der Waals surface area contributed by atoms with E-state index in [9.17, 15) is 0 Å². The van der Waals surface area contributed by atoms with Crippen LogP contribution in [0.2, 0.25) is 0 Å². The molecule has 62 valence electrons. The molecule has 0 aliphatic rings. The Morgan fingerprint density at radius 1 is 1.50 bits per heavy atom. The van der Waals surface area contributed by atoms with Gasteiger partial charge in [0.05, 0.1) is 5.44 Å². The number of nitrogens with one attached hydrogen (secondary N) is 1. The minimum absolute atomic E-state index is 0.155. The lowest BCUT2D eigenvalue weighted by Gasteiger charge is -2.20. The van der Waals surface area contributed by atoms with Crippen molar-refractivity contribution in [1.29, 1.82) is 0 Å². The number of hydrogen-bond donors (Lipinski definition) is 2. The Labute approximate surface area is 67.4 Å². The topological polar surface area (TPSA) is 32.3 Å². The van der Waals surface area contributed by atoms with Crippen molar-refractivity contribution in [3.63, 3.8) is 0 Å². The normalized spacial score (nSPS) is 15.3. The van der Waals surface area contributed by atoms with Crippen LogP contribution < -0.4 is 5.32 Å². The molecule has 3 heteroatoms. The van der Waals surface area contributed by atoms with E-state index in [1.165, 1.54) is 11.8 Å². The molecule has 0 amide bonds. The fourth-order valence-electron chi connectivity index (χ4n) is 0.379. The summed E-state index contributed by atoms with van der Waals surface area (Å²) < 4.78 is 0. The maximum absolute atomic E-state index is 8.87. The second kappa shape index (κ2) is 4.21. The predicted molar refractivity (Wildman–Crippen MR) is 47.0 cm³/mol. The Kier molecular flexibility index (Phi) is 4.32. The molecular weight excluding hydrogens is 146 g/mol. The van der Waals surface area contributed by atoms with E-state index in [2.05, 4.69) is 26.1 Å². The molecule has 0 aliphatic heterocycles. The molecule has 2 N–H and O–H groups in total. The van der Waals surface area contributed by atoms with E-state index in [0.29, 0.717) is 0 Å². The van der Waals surface area contributed by atoms with Gasteiger partial charge in [-0.1, -0.05) is 0 Å². The summed E-state index contributed by atoms with van der Waals surface area (Å²) in [5.74, 6) is 0.807. The van der Waals surface area contributed by atoms with Crippen molar-refractivity contribution < 1.29 is 5.11 Å². The average Bonchev–Trinajstić information content (AvgIpc) is 1.59. The Morgan fingerprint density at radius 2 is 2.00 bits per heavy atom. The summed E-state index contributed by atoms with van der Waals surface area (Å²) in [5.41, 5.74) is -0.114.